The molecular formula is C38H44O9. The molecule has 250 valence electrons. The molecule has 0 aliphatic carbocycles. The van der Waals surface area contributed by atoms with Crippen molar-refractivity contribution in [1.82, 2.24) is 0 Å². The van der Waals surface area contributed by atoms with Gasteiger partial charge in [0.2, 0.25) is 0 Å². The molecule has 0 amide bonds. The minimum absolute atomic E-state index is 0.364. The average Bonchev–Trinajstić information content (AvgIpc) is 3.10. The van der Waals surface area contributed by atoms with Gasteiger partial charge in [-0.25, -0.2) is 14.4 Å². The lowest BCUT2D eigenvalue weighted by Gasteiger charge is -2.10. The van der Waals surface area contributed by atoms with E-state index in [9.17, 15) is 14.4 Å². The zero-order valence-corrected chi connectivity index (χ0v) is 26.9. The maximum Gasteiger partial charge on any atom is 0.343 e. The minimum atomic E-state index is -0.452. The molecule has 0 fully saturated rings. The number of hydrogen-bond acceptors (Lipinski definition) is 9. The monoisotopic (exact) mass is 644 g/mol. The Morgan fingerprint density at radius 1 is 0.489 bits per heavy atom. The van der Waals surface area contributed by atoms with Gasteiger partial charge in [0.25, 0.3) is 0 Å². The van der Waals surface area contributed by atoms with E-state index in [2.05, 4.69) is 13.2 Å². The Bertz CT molecular complexity index is 1380. The number of esters is 3. The van der Waals surface area contributed by atoms with E-state index < -0.39 is 11.9 Å². The SMILES string of the molecule is C=CC(=O)OCCCCCCOc1ccc(OCc2ccc(OC(=O)c3ccc(OCCCCCCOC(=O)C=C)cc3)cc2)cc1. The first-order chi connectivity index (χ1) is 23.0. The van der Waals surface area contributed by atoms with Gasteiger partial charge in [-0.15, -0.1) is 0 Å². The summed E-state index contributed by atoms with van der Waals surface area (Å²) in [4.78, 5) is 34.6. The topological polar surface area (TPSA) is 107 Å². The quantitative estimate of drug-likeness (QED) is 0.0442. The molecule has 9 heteroatoms. The normalized spacial score (nSPS) is 10.4. The Balaban J connectivity index is 1.28. The van der Waals surface area contributed by atoms with Crippen LogP contribution in [0.25, 0.3) is 0 Å². The van der Waals surface area contributed by atoms with Crippen molar-refractivity contribution in [3.8, 4) is 23.0 Å². The summed E-state index contributed by atoms with van der Waals surface area (Å²) < 4.78 is 32.9. The van der Waals surface area contributed by atoms with Crippen LogP contribution in [0.2, 0.25) is 0 Å². The highest BCUT2D eigenvalue weighted by molar-refractivity contribution is 5.91. The molecule has 0 N–H and O–H groups in total. The molecular weight excluding hydrogens is 600 g/mol. The van der Waals surface area contributed by atoms with Crippen LogP contribution in [0.4, 0.5) is 0 Å². The van der Waals surface area contributed by atoms with Crippen LogP contribution in [0.5, 0.6) is 23.0 Å². The van der Waals surface area contributed by atoms with E-state index >= 15 is 0 Å². The van der Waals surface area contributed by atoms with Crippen molar-refractivity contribution in [1.29, 1.82) is 0 Å². The third-order valence-electron chi connectivity index (χ3n) is 6.89. The second-order valence-corrected chi connectivity index (χ2v) is 10.6. The number of ether oxygens (including phenoxy) is 6. The smallest absolute Gasteiger partial charge is 0.343 e. The Labute approximate surface area is 277 Å². The standard InChI is InChI=1S/C38H44O9/c1-3-36(39)44-27-11-7-5-9-25-42-32-19-15-31(16-20-32)38(41)47-35-17-13-30(14-18-35)29-46-34-23-21-33(22-24-34)43-26-10-6-8-12-28-45-37(40)4-2/h3-4,13-24H,1-2,5-12,25-29H2. The van der Waals surface area contributed by atoms with Crippen LogP contribution >= 0.6 is 0 Å². The Morgan fingerprint density at radius 2 is 0.894 bits per heavy atom. The van der Waals surface area contributed by atoms with Gasteiger partial charge in [0.1, 0.15) is 29.6 Å². The fraction of sp³-hybridized carbons (Fsp3) is 0.342. The van der Waals surface area contributed by atoms with Crippen LogP contribution in [-0.4, -0.2) is 44.3 Å². The molecule has 0 aliphatic heterocycles. The maximum atomic E-state index is 12.6. The first kappa shape index (κ1) is 36.4. The molecule has 0 aliphatic rings. The van der Waals surface area contributed by atoms with Crippen molar-refractivity contribution in [2.24, 2.45) is 0 Å². The average molecular weight is 645 g/mol. The second-order valence-electron chi connectivity index (χ2n) is 10.6. The summed E-state index contributed by atoms with van der Waals surface area (Å²) in [7, 11) is 0. The second kappa shape index (κ2) is 21.6. The number of unbranched alkanes of at least 4 members (excludes halogenated alkanes) is 6. The lowest BCUT2D eigenvalue weighted by Crippen LogP contribution is -2.08. The van der Waals surface area contributed by atoms with Crippen molar-refractivity contribution in [3.63, 3.8) is 0 Å². The molecule has 0 radical (unpaired) electrons. The van der Waals surface area contributed by atoms with Gasteiger partial charge in [0, 0.05) is 12.2 Å². The highest BCUT2D eigenvalue weighted by atomic mass is 16.5. The predicted molar refractivity (Wildman–Crippen MR) is 179 cm³/mol. The third-order valence-corrected chi connectivity index (χ3v) is 6.89. The van der Waals surface area contributed by atoms with Crippen molar-refractivity contribution in [2.75, 3.05) is 26.4 Å². The summed E-state index contributed by atoms with van der Waals surface area (Å²) in [6, 6.07) is 21.5. The molecule has 3 rings (SSSR count). The van der Waals surface area contributed by atoms with E-state index in [4.69, 9.17) is 28.4 Å². The van der Waals surface area contributed by atoms with Crippen molar-refractivity contribution >= 4 is 17.9 Å². The van der Waals surface area contributed by atoms with Crippen molar-refractivity contribution < 1.29 is 42.8 Å². The zero-order valence-electron chi connectivity index (χ0n) is 26.9. The lowest BCUT2D eigenvalue weighted by atomic mass is 10.2. The highest BCUT2D eigenvalue weighted by Crippen LogP contribution is 2.21. The van der Waals surface area contributed by atoms with Crippen LogP contribution in [0, 0.1) is 0 Å². The first-order valence-electron chi connectivity index (χ1n) is 15.9. The molecule has 0 saturated heterocycles. The van der Waals surface area contributed by atoms with Crippen molar-refractivity contribution in [3.05, 3.63) is 109 Å². The molecule has 0 unspecified atom stereocenters. The predicted octanol–water partition coefficient (Wildman–Crippen LogP) is 7.82. The van der Waals surface area contributed by atoms with Gasteiger partial charge in [-0.1, -0.05) is 25.3 Å². The number of carbonyl (C=O) groups is 3. The molecule has 0 atom stereocenters. The highest BCUT2D eigenvalue weighted by Gasteiger charge is 2.09. The van der Waals surface area contributed by atoms with Crippen LogP contribution in [0.1, 0.15) is 67.3 Å². The van der Waals surface area contributed by atoms with Gasteiger partial charge in [-0.3, -0.25) is 0 Å². The zero-order chi connectivity index (χ0) is 33.5. The maximum absolute atomic E-state index is 12.6. The number of benzene rings is 3. The van der Waals surface area contributed by atoms with E-state index in [0.29, 0.717) is 50.1 Å². The van der Waals surface area contributed by atoms with E-state index in [0.717, 1.165) is 74.5 Å². The Morgan fingerprint density at radius 3 is 1.36 bits per heavy atom. The Hall–Kier alpha value is -5.05. The van der Waals surface area contributed by atoms with Crippen molar-refractivity contribution in [2.45, 2.75) is 58.0 Å². The van der Waals surface area contributed by atoms with Crippen LogP contribution < -0.4 is 18.9 Å². The largest absolute Gasteiger partial charge is 0.494 e. The fourth-order valence-corrected chi connectivity index (χ4v) is 4.26. The van der Waals surface area contributed by atoms with E-state index in [1.165, 1.54) is 6.08 Å². The van der Waals surface area contributed by atoms with Crippen LogP contribution in [0.3, 0.4) is 0 Å². The summed E-state index contributed by atoms with van der Waals surface area (Å²) in [6.45, 7) is 9.10. The minimum Gasteiger partial charge on any atom is -0.494 e. The van der Waals surface area contributed by atoms with Gasteiger partial charge in [0.05, 0.1) is 32.0 Å². The molecule has 3 aromatic carbocycles. The summed E-state index contributed by atoms with van der Waals surface area (Å²) in [5, 5.41) is 0. The summed E-state index contributed by atoms with van der Waals surface area (Å²) in [6.07, 6.45) is 9.64. The van der Waals surface area contributed by atoms with Gasteiger partial charge in [-0.05, 0) is 118 Å². The molecule has 0 spiro atoms. The molecule has 0 bridgehead atoms. The number of carbonyl (C=O) groups excluding carboxylic acids is 3. The van der Waals surface area contributed by atoms with Crippen LogP contribution in [-0.2, 0) is 25.7 Å². The lowest BCUT2D eigenvalue weighted by molar-refractivity contribution is -0.138. The summed E-state index contributed by atoms with van der Waals surface area (Å²) >= 11 is 0. The molecule has 0 aromatic heterocycles. The van der Waals surface area contributed by atoms with Gasteiger partial charge in [-0.2, -0.15) is 0 Å². The third kappa shape index (κ3) is 15.2. The first-order valence-corrected chi connectivity index (χ1v) is 15.9. The van der Waals surface area contributed by atoms with Gasteiger partial charge < -0.3 is 28.4 Å². The number of rotatable bonds is 23. The molecule has 47 heavy (non-hydrogen) atoms. The van der Waals surface area contributed by atoms with E-state index in [-0.39, 0.29) is 5.97 Å². The molecule has 3 aromatic rings. The van der Waals surface area contributed by atoms with Gasteiger partial charge in [0.15, 0.2) is 0 Å². The number of hydrogen-bond donors (Lipinski definition) is 0. The fourth-order valence-electron chi connectivity index (χ4n) is 4.26. The van der Waals surface area contributed by atoms with E-state index in [1.54, 1.807) is 36.4 Å². The molecule has 0 heterocycles. The molecule has 9 nitrogen and oxygen atoms in total. The van der Waals surface area contributed by atoms with Gasteiger partial charge >= 0.3 is 17.9 Å². The summed E-state index contributed by atoms with van der Waals surface area (Å²) in [5.74, 6) is 1.39. The molecule has 0 saturated carbocycles. The summed E-state index contributed by atoms with van der Waals surface area (Å²) in [5.41, 5.74) is 1.36. The van der Waals surface area contributed by atoms with Crippen LogP contribution in [0.15, 0.2) is 98.1 Å². The Kier molecular flexibility index (Phi) is 16.8. The van der Waals surface area contributed by atoms with E-state index in [1.807, 2.05) is 36.4 Å².